The van der Waals surface area contributed by atoms with Crippen LogP contribution in [0.4, 0.5) is 38.0 Å². The fourth-order valence-corrected chi connectivity index (χ4v) is 8.25. The maximum atomic E-state index is 15.4. The van der Waals surface area contributed by atoms with Crippen LogP contribution in [0.5, 0.6) is 0 Å². The number of benzene rings is 2. The number of aryl methyl sites for hydroxylation is 1. The molecule has 1 saturated carbocycles. The molecule has 0 spiro atoms. The molecule has 6 aromatic rings. The standard InChI is InChI=1S/C35H25ClF6N10O4S/c1-43-23-7-4-17-31(45-23)46-33(52(34(17)54)22-6-5-20(36)26-28(22)50(2)48-32(26)49-57(3,55)56)21(10-14-8-15(37)11-16(38)9-14)44-24(53)13-51-29-25(27(47-51)30(39)40)18-12-19(18)35(29,41)42/h4-9,11,18-19,21,30H,10,12-13H2,2-3H3,(H,44,53)(H,48,49)/t18-,19+,21?/m0/s1. The van der Waals surface area contributed by atoms with E-state index in [1.165, 1.54) is 36.0 Å². The summed E-state index contributed by atoms with van der Waals surface area (Å²) in [5.74, 6) is -9.47. The molecule has 57 heavy (non-hydrogen) atoms. The quantitative estimate of drug-likeness (QED) is 0.126. The lowest BCUT2D eigenvalue weighted by atomic mass is 10.0. The summed E-state index contributed by atoms with van der Waals surface area (Å²) in [6.07, 6.45) is -2.86. The van der Waals surface area contributed by atoms with Gasteiger partial charge in [0.05, 0.1) is 33.9 Å². The highest BCUT2D eigenvalue weighted by molar-refractivity contribution is 7.92. The zero-order valence-electron chi connectivity index (χ0n) is 29.2. The van der Waals surface area contributed by atoms with Gasteiger partial charge in [0.1, 0.15) is 40.8 Å². The molecule has 2 aliphatic rings. The Bertz CT molecular complexity index is 2910. The predicted molar refractivity (Wildman–Crippen MR) is 192 cm³/mol. The molecule has 0 saturated heterocycles. The number of pyridine rings is 1. The Balaban J connectivity index is 1.33. The van der Waals surface area contributed by atoms with Crippen molar-refractivity contribution in [2.75, 3.05) is 11.0 Å². The second-order valence-electron chi connectivity index (χ2n) is 13.7. The van der Waals surface area contributed by atoms with E-state index in [0.717, 1.165) is 23.0 Å². The van der Waals surface area contributed by atoms with E-state index in [2.05, 4.69) is 35.0 Å². The second kappa shape index (κ2) is 13.3. The zero-order chi connectivity index (χ0) is 40.9. The molecule has 0 aliphatic heterocycles. The Morgan fingerprint density at radius 2 is 1.82 bits per heavy atom. The van der Waals surface area contributed by atoms with Crippen molar-refractivity contribution in [3.8, 4) is 5.69 Å². The van der Waals surface area contributed by atoms with Gasteiger partial charge in [-0.25, -0.2) is 26.0 Å². The fraction of sp³-hybridized carbons (Fsp3) is 0.286. The molecule has 3 atom stereocenters. The molecule has 1 amide bonds. The average Bonchev–Trinajstić information content (AvgIpc) is 3.66. The molecular weight excluding hydrogens is 806 g/mol. The number of nitrogens with one attached hydrogen (secondary N) is 2. The summed E-state index contributed by atoms with van der Waals surface area (Å²) >= 11 is 6.54. The van der Waals surface area contributed by atoms with Gasteiger partial charge in [-0.15, -0.1) is 0 Å². The molecule has 1 unspecified atom stereocenters. The molecule has 22 heteroatoms. The number of anilines is 1. The van der Waals surface area contributed by atoms with E-state index < -0.39 is 87.7 Å². The summed E-state index contributed by atoms with van der Waals surface area (Å²) in [5, 5.41) is 10.4. The molecule has 4 heterocycles. The molecule has 14 nitrogen and oxygen atoms in total. The van der Waals surface area contributed by atoms with Crippen LogP contribution in [0.25, 0.3) is 32.5 Å². The first-order valence-electron chi connectivity index (χ1n) is 16.8. The number of hydrogen-bond donors (Lipinski definition) is 2. The number of carbonyl (C=O) groups is 1. The average molecular weight is 831 g/mol. The Kier molecular flexibility index (Phi) is 8.84. The molecule has 2 aliphatic carbocycles. The normalized spacial score (nSPS) is 17.4. The lowest BCUT2D eigenvalue weighted by Gasteiger charge is -2.23. The fourth-order valence-electron chi connectivity index (χ4n) is 7.51. The lowest BCUT2D eigenvalue weighted by Crippen LogP contribution is -2.38. The largest absolute Gasteiger partial charge is 0.361 e. The summed E-state index contributed by atoms with van der Waals surface area (Å²) in [7, 11) is -2.49. The summed E-state index contributed by atoms with van der Waals surface area (Å²) in [5.41, 5.74) is -3.17. The van der Waals surface area contributed by atoms with Gasteiger partial charge in [0.2, 0.25) is 15.9 Å². The van der Waals surface area contributed by atoms with Crippen LogP contribution in [-0.2, 0) is 40.8 Å². The van der Waals surface area contributed by atoms with Crippen LogP contribution >= 0.6 is 11.6 Å². The van der Waals surface area contributed by atoms with Crippen molar-refractivity contribution in [3.63, 3.8) is 0 Å². The highest BCUT2D eigenvalue weighted by Gasteiger charge is 2.67. The van der Waals surface area contributed by atoms with Crippen molar-refractivity contribution in [1.82, 2.24) is 39.4 Å². The van der Waals surface area contributed by atoms with Crippen LogP contribution in [0.1, 0.15) is 53.1 Å². The number of nitrogens with zero attached hydrogens (tertiary/aromatic N) is 8. The number of aromatic nitrogens is 7. The first-order valence-corrected chi connectivity index (χ1v) is 19.1. The Morgan fingerprint density at radius 1 is 1.11 bits per heavy atom. The summed E-state index contributed by atoms with van der Waals surface area (Å²) in [6.45, 7) is 6.43. The molecule has 8 rings (SSSR count). The molecule has 0 bridgehead atoms. The number of amides is 1. The Hall–Kier alpha value is -6.01. The first kappa shape index (κ1) is 37.9. The number of hydrogen-bond acceptors (Lipinski definition) is 8. The van der Waals surface area contributed by atoms with Gasteiger partial charge in [-0.3, -0.25) is 28.2 Å². The predicted octanol–water partition coefficient (Wildman–Crippen LogP) is 5.96. The molecule has 0 radical (unpaired) electrons. The molecule has 1 fully saturated rings. The van der Waals surface area contributed by atoms with Crippen molar-refractivity contribution < 1.29 is 39.6 Å². The van der Waals surface area contributed by atoms with Crippen molar-refractivity contribution in [1.29, 1.82) is 0 Å². The van der Waals surface area contributed by atoms with Gasteiger partial charge in [-0.2, -0.15) is 24.0 Å². The zero-order valence-corrected chi connectivity index (χ0v) is 30.8. The van der Waals surface area contributed by atoms with Crippen molar-refractivity contribution in [3.05, 3.63) is 109 Å². The van der Waals surface area contributed by atoms with Crippen LogP contribution in [0, 0.1) is 24.1 Å². The molecule has 294 valence electrons. The van der Waals surface area contributed by atoms with Gasteiger partial charge in [0.15, 0.2) is 5.82 Å². The highest BCUT2D eigenvalue weighted by Crippen LogP contribution is 2.68. The van der Waals surface area contributed by atoms with Crippen LogP contribution in [0.15, 0.2) is 47.3 Å². The SMILES string of the molecule is [C-]#[N+]c1ccc2c(=O)n(-c3ccc(Cl)c4c(NS(C)(=O)=O)nn(C)c34)c(C(Cc3cc(F)cc(F)c3)NC(=O)Cn3nc(C(F)F)c4c3C(F)(F)[C@@H]3C[C@H]43)nc2n1. The molecule has 2 aromatic carbocycles. The Labute approximate surface area is 321 Å². The number of fused-ring (bicyclic) bond motifs is 5. The maximum Gasteiger partial charge on any atom is 0.293 e. The van der Waals surface area contributed by atoms with Gasteiger partial charge in [0.25, 0.3) is 29.4 Å². The third kappa shape index (κ3) is 6.51. The minimum Gasteiger partial charge on any atom is -0.361 e. The van der Waals surface area contributed by atoms with Crippen LogP contribution < -0.4 is 15.6 Å². The van der Waals surface area contributed by atoms with Gasteiger partial charge in [-0.05, 0) is 48.2 Å². The van der Waals surface area contributed by atoms with Gasteiger partial charge < -0.3 is 10.2 Å². The van der Waals surface area contributed by atoms with Crippen LogP contribution in [0.3, 0.4) is 0 Å². The van der Waals surface area contributed by atoms with Crippen LogP contribution in [0.2, 0.25) is 5.02 Å². The van der Waals surface area contributed by atoms with Crippen molar-refractivity contribution in [2.45, 2.75) is 43.7 Å². The third-order valence-corrected chi connectivity index (χ3v) is 10.6. The number of halogens is 7. The van der Waals surface area contributed by atoms with E-state index in [-0.39, 0.29) is 67.7 Å². The molecule has 4 aromatic heterocycles. The van der Waals surface area contributed by atoms with Gasteiger partial charge in [0, 0.05) is 31.0 Å². The topological polar surface area (TPSA) is 163 Å². The number of carbonyl (C=O) groups excluding carboxylic acids is 1. The van der Waals surface area contributed by atoms with Gasteiger partial charge in [-0.1, -0.05) is 29.2 Å². The lowest BCUT2D eigenvalue weighted by molar-refractivity contribution is -0.123. The Morgan fingerprint density at radius 3 is 2.49 bits per heavy atom. The third-order valence-electron chi connectivity index (χ3n) is 9.77. The van der Waals surface area contributed by atoms with Crippen LogP contribution in [-0.4, -0.2) is 54.7 Å². The van der Waals surface area contributed by atoms with E-state index >= 15 is 8.78 Å². The summed E-state index contributed by atoms with van der Waals surface area (Å²) in [4.78, 5) is 40.5. The minimum atomic E-state index is -3.91. The number of sulfonamides is 1. The van der Waals surface area contributed by atoms with E-state index in [1.54, 1.807) is 0 Å². The first-order chi connectivity index (χ1) is 26.9. The van der Waals surface area contributed by atoms with Crippen molar-refractivity contribution in [2.24, 2.45) is 13.0 Å². The van der Waals surface area contributed by atoms with E-state index in [4.69, 9.17) is 18.2 Å². The summed E-state index contributed by atoms with van der Waals surface area (Å²) in [6, 6.07) is 6.11. The van der Waals surface area contributed by atoms with Gasteiger partial charge >= 0.3 is 0 Å². The maximum absolute atomic E-state index is 15.4. The smallest absolute Gasteiger partial charge is 0.293 e. The highest BCUT2D eigenvalue weighted by atomic mass is 35.5. The number of rotatable bonds is 10. The molecular formula is C35H25ClF6N10O4S. The van der Waals surface area contributed by atoms with E-state index in [1.807, 2.05) is 0 Å². The minimum absolute atomic E-state index is 0.00385. The number of alkyl halides is 4. The van der Waals surface area contributed by atoms with E-state index in [9.17, 15) is 35.6 Å². The second-order valence-corrected chi connectivity index (χ2v) is 15.8. The monoisotopic (exact) mass is 830 g/mol. The molecule has 2 N–H and O–H groups in total. The summed E-state index contributed by atoms with van der Waals surface area (Å²) < 4.78 is 117. The van der Waals surface area contributed by atoms with Crippen molar-refractivity contribution >= 4 is 61.1 Å². The van der Waals surface area contributed by atoms with E-state index in [0.29, 0.717) is 10.7 Å².